The summed E-state index contributed by atoms with van der Waals surface area (Å²) in [5.74, 6) is 0. The second-order valence-corrected chi connectivity index (χ2v) is 21.9. The number of hydrogen-bond donors (Lipinski definition) is 0. The Kier molecular flexibility index (Phi) is 10.2. The van der Waals surface area contributed by atoms with E-state index in [0.717, 1.165) is 6.42 Å². The minimum absolute atomic E-state index is 0.419. The lowest BCUT2D eigenvalue weighted by Crippen LogP contribution is -2.29. The summed E-state index contributed by atoms with van der Waals surface area (Å²) in [5.41, 5.74) is 31.4. The summed E-state index contributed by atoms with van der Waals surface area (Å²) in [6, 6.07) is 95.3. The van der Waals surface area contributed by atoms with E-state index in [1.54, 1.807) is 0 Å². The first kappa shape index (κ1) is 45.1. The Morgan fingerprint density at radius 3 is 1.40 bits per heavy atom. The molecule has 0 fully saturated rings. The summed E-state index contributed by atoms with van der Waals surface area (Å²) in [4.78, 5) is 0. The maximum absolute atomic E-state index is 2.50. The van der Waals surface area contributed by atoms with E-state index in [-0.39, 0.29) is 0 Å². The lowest BCUT2D eigenvalue weighted by Gasteiger charge is -2.35. The van der Waals surface area contributed by atoms with Gasteiger partial charge >= 0.3 is 0 Å². The third kappa shape index (κ3) is 6.49. The topological polar surface area (TPSA) is 0 Å². The molecule has 0 nitrogen and oxygen atoms in total. The zero-order chi connectivity index (χ0) is 50.6. The van der Waals surface area contributed by atoms with Crippen LogP contribution in [0.1, 0.15) is 102 Å². The van der Waals surface area contributed by atoms with Crippen LogP contribution in [0.3, 0.4) is 0 Å². The van der Waals surface area contributed by atoms with Gasteiger partial charge in [0, 0.05) is 5.41 Å². The molecule has 3 aliphatic carbocycles. The molecule has 0 bridgehead atoms. The van der Waals surface area contributed by atoms with Crippen LogP contribution in [0.2, 0.25) is 0 Å². The highest BCUT2D eigenvalue weighted by Crippen LogP contribution is 2.63. The Labute approximate surface area is 442 Å². The van der Waals surface area contributed by atoms with E-state index >= 15 is 0 Å². The first-order valence-electron chi connectivity index (χ1n) is 26.8. The summed E-state index contributed by atoms with van der Waals surface area (Å²) >= 11 is 0. The monoisotopic (exact) mass is 958 g/mol. The molecule has 358 valence electrons. The van der Waals surface area contributed by atoms with Gasteiger partial charge in [-0.05, 0) is 170 Å². The molecule has 0 spiro atoms. The molecule has 0 heteroatoms. The molecule has 3 aliphatic rings. The Balaban J connectivity index is 0.913. The van der Waals surface area contributed by atoms with Gasteiger partial charge in [-0.3, -0.25) is 0 Å². The fourth-order valence-corrected chi connectivity index (χ4v) is 14.3. The molecule has 11 aromatic carbocycles. The molecule has 2 atom stereocenters. The molecule has 0 N–H and O–H groups in total. The van der Waals surface area contributed by atoms with Crippen molar-refractivity contribution >= 4 is 0 Å². The molecule has 0 amide bonds. The Morgan fingerprint density at radius 2 is 0.760 bits per heavy atom. The van der Waals surface area contributed by atoms with Crippen molar-refractivity contribution in [3.05, 3.63) is 343 Å². The standard InChI is InChI=1S/C75H58/c1-48-25-35-56(36-26-48)74(57-37-27-49(2)28-38-57)65-21-11-9-18-60(65)64-46-53(33-44-67(64)74)45-52-31-41-59(42-32-52)75(58-39-29-50(3)30-40-58)66-22-12-10-19-63(66)71-68(23-14-24-69(71)75)73(5)70-47-55(54-16-7-6-8-17-54)34-43-61(70)62-20-13-15-51(4)72(62)73/h6-44,46-47H,45H2,1-5H3. The third-order valence-electron chi connectivity index (χ3n) is 17.7. The van der Waals surface area contributed by atoms with Gasteiger partial charge in [-0.25, -0.2) is 0 Å². The van der Waals surface area contributed by atoms with E-state index in [4.69, 9.17) is 0 Å². The number of hydrogen-bond acceptors (Lipinski definition) is 0. The zero-order valence-electron chi connectivity index (χ0n) is 43.4. The SMILES string of the molecule is Cc1ccc(C2(c3ccc(C)cc3)c3ccccc3-c3cc(Cc4ccc(C5(c6ccc(C)cc6)c6ccccc6-c6c(C7(C)c8cc(-c9ccccc9)ccc8-c8cccc(C)c87)cccc65)cc4)ccc32)cc1. The maximum atomic E-state index is 2.50. The number of benzene rings is 11. The molecule has 0 aromatic heterocycles. The Morgan fingerprint density at radius 1 is 0.293 bits per heavy atom. The Hall–Kier alpha value is -8.58. The van der Waals surface area contributed by atoms with E-state index in [1.165, 1.54) is 139 Å². The van der Waals surface area contributed by atoms with Crippen LogP contribution >= 0.6 is 0 Å². The third-order valence-corrected chi connectivity index (χ3v) is 17.7. The first-order valence-corrected chi connectivity index (χ1v) is 26.8. The predicted molar refractivity (Wildman–Crippen MR) is 312 cm³/mol. The van der Waals surface area contributed by atoms with Crippen LogP contribution < -0.4 is 0 Å². The second kappa shape index (κ2) is 17.0. The van der Waals surface area contributed by atoms with Crippen molar-refractivity contribution in [1.29, 1.82) is 0 Å². The Bertz CT molecular complexity index is 4000. The number of fused-ring (bicyclic) bond motifs is 9. The van der Waals surface area contributed by atoms with E-state index < -0.39 is 16.2 Å². The van der Waals surface area contributed by atoms with E-state index in [2.05, 4.69) is 283 Å². The van der Waals surface area contributed by atoms with E-state index in [9.17, 15) is 0 Å². The summed E-state index contributed by atoms with van der Waals surface area (Å²) < 4.78 is 0. The van der Waals surface area contributed by atoms with Crippen molar-refractivity contribution in [2.45, 2.75) is 57.3 Å². The van der Waals surface area contributed by atoms with Crippen molar-refractivity contribution in [3.63, 3.8) is 0 Å². The van der Waals surface area contributed by atoms with Gasteiger partial charge in [-0.1, -0.05) is 259 Å². The highest BCUT2D eigenvalue weighted by molar-refractivity contribution is 5.94. The fraction of sp³-hybridized carbons (Fsp3) is 0.120. The molecule has 0 radical (unpaired) electrons. The molecule has 0 saturated carbocycles. The van der Waals surface area contributed by atoms with Gasteiger partial charge in [0.2, 0.25) is 0 Å². The molecule has 0 saturated heterocycles. The molecular formula is C75H58. The minimum atomic E-state index is -0.557. The average molecular weight is 959 g/mol. The van der Waals surface area contributed by atoms with Crippen molar-refractivity contribution < 1.29 is 0 Å². The summed E-state index contributed by atoms with van der Waals surface area (Å²) in [6.07, 6.45) is 0.828. The highest BCUT2D eigenvalue weighted by atomic mass is 14.5. The lowest BCUT2D eigenvalue weighted by molar-refractivity contribution is 0.706. The zero-order valence-corrected chi connectivity index (χ0v) is 43.4. The minimum Gasteiger partial charge on any atom is -0.0622 e. The van der Waals surface area contributed by atoms with Crippen LogP contribution in [0.5, 0.6) is 0 Å². The predicted octanol–water partition coefficient (Wildman–Crippen LogP) is 18.2. The normalized spacial score (nSPS) is 17.1. The molecule has 0 aliphatic heterocycles. The molecule has 0 heterocycles. The quantitative estimate of drug-likeness (QED) is 0.142. The van der Waals surface area contributed by atoms with Gasteiger partial charge in [0.25, 0.3) is 0 Å². The smallest absolute Gasteiger partial charge is 0.0622 e. The fourth-order valence-electron chi connectivity index (χ4n) is 14.3. The average Bonchev–Trinajstić information content (AvgIpc) is 4.13. The van der Waals surface area contributed by atoms with Gasteiger partial charge in [-0.15, -0.1) is 0 Å². The van der Waals surface area contributed by atoms with Crippen LogP contribution in [0.25, 0.3) is 44.5 Å². The van der Waals surface area contributed by atoms with Crippen LogP contribution in [-0.2, 0) is 22.7 Å². The van der Waals surface area contributed by atoms with Gasteiger partial charge < -0.3 is 0 Å². The lowest BCUT2D eigenvalue weighted by atomic mass is 9.66. The van der Waals surface area contributed by atoms with Crippen LogP contribution in [-0.4, -0.2) is 0 Å². The van der Waals surface area contributed by atoms with Crippen molar-refractivity contribution in [2.75, 3.05) is 0 Å². The highest BCUT2D eigenvalue weighted by Gasteiger charge is 2.51. The molecular weight excluding hydrogens is 901 g/mol. The first-order chi connectivity index (χ1) is 36.7. The second-order valence-electron chi connectivity index (χ2n) is 21.9. The molecule has 75 heavy (non-hydrogen) atoms. The van der Waals surface area contributed by atoms with Gasteiger partial charge in [-0.2, -0.15) is 0 Å². The van der Waals surface area contributed by atoms with E-state index in [1.807, 2.05) is 0 Å². The largest absolute Gasteiger partial charge is 0.0713 e. The van der Waals surface area contributed by atoms with Crippen LogP contribution in [0, 0.1) is 27.7 Å². The summed E-state index contributed by atoms with van der Waals surface area (Å²) in [6.45, 7) is 11.4. The van der Waals surface area contributed by atoms with Gasteiger partial charge in [0.05, 0.1) is 10.8 Å². The van der Waals surface area contributed by atoms with Crippen molar-refractivity contribution in [3.8, 4) is 44.5 Å². The summed E-state index contributed by atoms with van der Waals surface area (Å²) in [5, 5.41) is 0. The molecule has 2 unspecified atom stereocenters. The maximum Gasteiger partial charge on any atom is 0.0713 e. The number of aryl methyl sites for hydroxylation is 4. The summed E-state index contributed by atoms with van der Waals surface area (Å²) in [7, 11) is 0. The van der Waals surface area contributed by atoms with Gasteiger partial charge in [0.15, 0.2) is 0 Å². The van der Waals surface area contributed by atoms with Crippen LogP contribution in [0.4, 0.5) is 0 Å². The van der Waals surface area contributed by atoms with E-state index in [0.29, 0.717) is 0 Å². The van der Waals surface area contributed by atoms with Gasteiger partial charge in [0.1, 0.15) is 0 Å². The van der Waals surface area contributed by atoms with Crippen LogP contribution in [0.15, 0.2) is 249 Å². The molecule has 11 aromatic rings. The van der Waals surface area contributed by atoms with Crippen molar-refractivity contribution in [1.82, 2.24) is 0 Å². The molecule has 14 rings (SSSR count). The number of rotatable bonds is 8. The van der Waals surface area contributed by atoms with Crippen molar-refractivity contribution in [2.24, 2.45) is 0 Å².